The third kappa shape index (κ3) is 0.838. The molecule has 0 unspecified atom stereocenters. The molecule has 0 N–H and O–H groups in total. The maximum atomic E-state index is 3.83. The quantitative estimate of drug-likeness (QED) is 0.417. The zero-order valence-corrected chi connectivity index (χ0v) is 5.98. The second kappa shape index (κ2) is 1.78. The van der Waals surface area contributed by atoms with E-state index in [1.54, 1.807) is 0 Å². The van der Waals surface area contributed by atoms with Gasteiger partial charge in [-0.1, -0.05) is 0 Å². The molecule has 30 valence electrons. The van der Waals surface area contributed by atoms with Gasteiger partial charge in [0.2, 0.25) is 0 Å². The van der Waals surface area contributed by atoms with E-state index in [-0.39, 0.29) is 0 Å². The minimum absolute atomic E-state index is 0.665. The summed E-state index contributed by atoms with van der Waals surface area (Å²) in [6.45, 7) is 3.83. The Bertz CT molecular complexity index is 110. The molecular formula is C4H4SeSi. The average Bonchev–Trinajstić information content (AvgIpc) is 1.86. The Morgan fingerprint density at radius 2 is 2.67 bits per heavy atom. The fraction of sp³-hybridized carbons (Fsp3) is 0. The molecular weight excluding hydrogens is 155 g/mol. The third-order valence-corrected chi connectivity index (χ3v) is 4.24. The van der Waals surface area contributed by atoms with Crippen LogP contribution >= 0.6 is 0 Å². The molecule has 0 atom stereocenters. The second-order valence-corrected chi connectivity index (χ2v) is 5.12. The van der Waals surface area contributed by atoms with E-state index in [2.05, 4.69) is 17.2 Å². The second-order valence-electron chi connectivity index (χ2n) is 0.988. The molecule has 2 radical (unpaired) electrons. The zero-order valence-electron chi connectivity index (χ0n) is 3.27. The van der Waals surface area contributed by atoms with E-state index in [1.807, 2.05) is 0 Å². The van der Waals surface area contributed by atoms with Crippen molar-refractivity contribution in [3.05, 3.63) is 10.7 Å². The van der Waals surface area contributed by atoms with Crippen LogP contribution in [-0.4, -0.2) is 34.2 Å². The van der Waals surface area contributed by atoms with Gasteiger partial charge in [0.15, 0.2) is 0 Å². The van der Waals surface area contributed by atoms with E-state index in [0.29, 0.717) is 14.5 Å². The first kappa shape index (κ1) is 4.38. The predicted octanol–water partition coefficient (Wildman–Crippen LogP) is -0.516. The summed E-state index contributed by atoms with van der Waals surface area (Å²) in [5.41, 5.74) is 2.21. The maximum absolute atomic E-state index is 3.83. The van der Waals surface area contributed by atoms with E-state index in [4.69, 9.17) is 0 Å². The molecule has 0 amide bonds. The summed E-state index contributed by atoms with van der Waals surface area (Å²) in [7, 11) is 0.935. The molecule has 0 aromatic rings. The zero-order chi connectivity index (χ0) is 4.41. The molecule has 2 heteroatoms. The van der Waals surface area contributed by atoms with Gasteiger partial charge in [-0.2, -0.15) is 0 Å². The van der Waals surface area contributed by atoms with E-state index < -0.39 is 0 Å². The van der Waals surface area contributed by atoms with Crippen LogP contribution in [0.1, 0.15) is 0 Å². The fourth-order valence-corrected chi connectivity index (χ4v) is 3.08. The summed E-state index contributed by atoms with van der Waals surface area (Å²) in [6.07, 6.45) is 0. The van der Waals surface area contributed by atoms with Crippen LogP contribution in [0.5, 0.6) is 0 Å². The van der Waals surface area contributed by atoms with Crippen molar-refractivity contribution < 1.29 is 0 Å². The number of rotatable bonds is 0. The van der Waals surface area contributed by atoms with Crippen molar-refractivity contribution >= 4 is 34.2 Å². The monoisotopic (exact) mass is 160 g/mol. The van der Waals surface area contributed by atoms with Gasteiger partial charge in [-0.05, 0) is 0 Å². The number of hydrogen-bond donors (Lipinski definition) is 0. The predicted molar refractivity (Wildman–Crippen MR) is 32.8 cm³/mol. The van der Waals surface area contributed by atoms with Crippen molar-refractivity contribution in [1.29, 1.82) is 0 Å². The van der Waals surface area contributed by atoms with Crippen LogP contribution < -0.4 is 0 Å². The Balaban J connectivity index is 2.86. The molecule has 0 saturated carbocycles. The molecule has 1 rings (SSSR count). The van der Waals surface area contributed by atoms with Gasteiger partial charge in [0.05, 0.1) is 0 Å². The average molecular weight is 159 g/mol. The summed E-state index contributed by atoms with van der Waals surface area (Å²) in [4.78, 5) is 2.23. The normalized spacial score (nSPS) is 17.0. The Kier molecular flexibility index (Phi) is 1.30. The molecule has 1 aliphatic heterocycles. The summed E-state index contributed by atoms with van der Waals surface area (Å²) in [5, 5.41) is 0. The van der Waals surface area contributed by atoms with Crippen molar-refractivity contribution in [2.45, 2.75) is 0 Å². The van der Waals surface area contributed by atoms with Gasteiger partial charge in [-0.15, -0.1) is 0 Å². The molecule has 0 aliphatic carbocycles. The SMILES string of the molecule is C=C1[Si]=CC=[Se]1. The van der Waals surface area contributed by atoms with Crippen molar-refractivity contribution in [3.8, 4) is 0 Å². The first-order valence-corrected chi connectivity index (χ1v) is 4.59. The first-order chi connectivity index (χ1) is 2.89. The van der Waals surface area contributed by atoms with Crippen LogP contribution in [0.2, 0.25) is 0 Å². The summed E-state index contributed by atoms with van der Waals surface area (Å²) >= 11 is 0.665. The Morgan fingerprint density at radius 3 is 2.83 bits per heavy atom. The van der Waals surface area contributed by atoms with Crippen molar-refractivity contribution in [2.24, 2.45) is 0 Å². The summed E-state index contributed by atoms with van der Waals surface area (Å²) in [5.74, 6) is 0. The van der Waals surface area contributed by atoms with Crippen LogP contribution in [0, 0.1) is 0 Å². The van der Waals surface area contributed by atoms with Crippen molar-refractivity contribution in [3.63, 3.8) is 0 Å². The van der Waals surface area contributed by atoms with Gasteiger partial charge >= 0.3 is 44.9 Å². The van der Waals surface area contributed by atoms with E-state index in [0.717, 1.165) is 9.13 Å². The molecule has 1 heterocycles. The van der Waals surface area contributed by atoms with Gasteiger partial charge in [-0.25, -0.2) is 0 Å². The van der Waals surface area contributed by atoms with Crippen LogP contribution in [-0.2, 0) is 0 Å². The fourth-order valence-electron chi connectivity index (χ4n) is 0.277. The van der Waals surface area contributed by atoms with E-state index in [9.17, 15) is 0 Å². The molecule has 0 saturated heterocycles. The van der Waals surface area contributed by atoms with Crippen molar-refractivity contribution in [2.75, 3.05) is 0 Å². The van der Waals surface area contributed by atoms with Gasteiger partial charge in [0.1, 0.15) is 0 Å². The van der Waals surface area contributed by atoms with Crippen LogP contribution in [0.25, 0.3) is 0 Å². The topological polar surface area (TPSA) is 0 Å². The Labute approximate surface area is 45.4 Å². The summed E-state index contributed by atoms with van der Waals surface area (Å²) < 4.78 is 1.43. The standard InChI is InChI=1S/C4H4SeSi/c1-4-5-2-3-6-4/h2-3H,1H2. The first-order valence-electron chi connectivity index (χ1n) is 1.67. The van der Waals surface area contributed by atoms with Crippen molar-refractivity contribution in [1.82, 2.24) is 0 Å². The molecule has 0 aromatic heterocycles. The molecule has 0 bridgehead atoms. The summed E-state index contributed by atoms with van der Waals surface area (Å²) in [6, 6.07) is 0. The molecule has 1 aliphatic rings. The van der Waals surface area contributed by atoms with Crippen LogP contribution in [0.3, 0.4) is 0 Å². The van der Waals surface area contributed by atoms with Gasteiger partial charge in [0.25, 0.3) is 0 Å². The molecule has 0 aromatic carbocycles. The van der Waals surface area contributed by atoms with Gasteiger partial charge in [-0.3, -0.25) is 0 Å². The third-order valence-electron chi connectivity index (χ3n) is 0.523. The van der Waals surface area contributed by atoms with Crippen LogP contribution in [0.4, 0.5) is 0 Å². The van der Waals surface area contributed by atoms with Gasteiger partial charge in [0, 0.05) is 0 Å². The Hall–Kier alpha value is 0.216. The van der Waals surface area contributed by atoms with E-state index in [1.165, 1.54) is 4.09 Å². The van der Waals surface area contributed by atoms with Crippen LogP contribution in [0.15, 0.2) is 10.7 Å². The number of hydrogen-bond acceptors (Lipinski definition) is 0. The molecule has 6 heavy (non-hydrogen) atoms. The molecule has 0 spiro atoms. The molecule has 0 fully saturated rings. The van der Waals surface area contributed by atoms with E-state index >= 15 is 0 Å². The van der Waals surface area contributed by atoms with Gasteiger partial charge < -0.3 is 0 Å². The minimum atomic E-state index is 0.665. The molecule has 0 nitrogen and oxygen atoms in total. The Morgan fingerprint density at radius 1 is 1.83 bits per heavy atom.